The zero-order valence-electron chi connectivity index (χ0n) is 11.9. The standard InChI is InChI=1S/C13H20N6/c1-9-10(2)16-17-13(11(9)7-14)19(4)8-12-15-5-6-18(12)3/h5-6H,7-8,14H2,1-4H3. The molecule has 0 atom stereocenters. The van der Waals surface area contributed by atoms with E-state index in [9.17, 15) is 0 Å². The molecule has 2 aromatic rings. The number of hydrogen-bond acceptors (Lipinski definition) is 5. The third kappa shape index (κ3) is 2.58. The Morgan fingerprint density at radius 2 is 2.05 bits per heavy atom. The number of nitrogens with zero attached hydrogens (tertiary/aromatic N) is 5. The molecule has 0 bridgehead atoms. The van der Waals surface area contributed by atoms with Crippen LogP contribution in [-0.4, -0.2) is 26.8 Å². The lowest BCUT2D eigenvalue weighted by Gasteiger charge is -2.21. The highest BCUT2D eigenvalue weighted by atomic mass is 15.3. The van der Waals surface area contributed by atoms with Gasteiger partial charge in [0, 0.05) is 38.6 Å². The van der Waals surface area contributed by atoms with Gasteiger partial charge in [-0.15, -0.1) is 5.10 Å². The molecule has 0 amide bonds. The number of anilines is 1. The van der Waals surface area contributed by atoms with Gasteiger partial charge in [-0.1, -0.05) is 0 Å². The van der Waals surface area contributed by atoms with Crippen molar-refractivity contribution in [1.82, 2.24) is 19.7 Å². The van der Waals surface area contributed by atoms with Crippen LogP contribution in [0.5, 0.6) is 0 Å². The van der Waals surface area contributed by atoms with E-state index in [-0.39, 0.29) is 0 Å². The van der Waals surface area contributed by atoms with Crippen molar-refractivity contribution in [2.45, 2.75) is 26.9 Å². The summed E-state index contributed by atoms with van der Waals surface area (Å²) in [6.45, 7) is 5.12. The normalized spacial score (nSPS) is 10.8. The van der Waals surface area contributed by atoms with Crippen molar-refractivity contribution in [3.8, 4) is 0 Å². The van der Waals surface area contributed by atoms with Gasteiger partial charge in [0.25, 0.3) is 0 Å². The summed E-state index contributed by atoms with van der Waals surface area (Å²) in [7, 11) is 3.96. The first kappa shape index (κ1) is 13.5. The smallest absolute Gasteiger partial charge is 0.156 e. The fourth-order valence-corrected chi connectivity index (χ4v) is 2.03. The lowest BCUT2D eigenvalue weighted by Crippen LogP contribution is -2.23. The van der Waals surface area contributed by atoms with Crippen molar-refractivity contribution in [2.75, 3.05) is 11.9 Å². The largest absolute Gasteiger partial charge is 0.350 e. The van der Waals surface area contributed by atoms with Crippen LogP contribution in [-0.2, 0) is 20.1 Å². The van der Waals surface area contributed by atoms with E-state index in [1.165, 1.54) is 0 Å². The molecule has 0 saturated carbocycles. The third-order valence-electron chi connectivity index (χ3n) is 3.43. The Morgan fingerprint density at radius 1 is 1.32 bits per heavy atom. The maximum absolute atomic E-state index is 5.85. The molecule has 0 aliphatic carbocycles. The second kappa shape index (κ2) is 5.36. The van der Waals surface area contributed by atoms with E-state index in [4.69, 9.17) is 5.73 Å². The first-order chi connectivity index (χ1) is 9.04. The Labute approximate surface area is 113 Å². The Morgan fingerprint density at radius 3 is 2.63 bits per heavy atom. The molecule has 2 rings (SSSR count). The van der Waals surface area contributed by atoms with E-state index >= 15 is 0 Å². The average molecular weight is 260 g/mol. The van der Waals surface area contributed by atoms with Gasteiger partial charge in [-0.2, -0.15) is 5.10 Å². The van der Waals surface area contributed by atoms with Crippen molar-refractivity contribution in [3.63, 3.8) is 0 Å². The fraction of sp³-hybridized carbons (Fsp3) is 0.462. The summed E-state index contributed by atoms with van der Waals surface area (Å²) in [5.74, 6) is 1.80. The highest BCUT2D eigenvalue weighted by Crippen LogP contribution is 2.21. The van der Waals surface area contributed by atoms with Gasteiger partial charge in [0.1, 0.15) is 5.82 Å². The summed E-state index contributed by atoms with van der Waals surface area (Å²) in [6.07, 6.45) is 3.72. The molecule has 0 unspecified atom stereocenters. The van der Waals surface area contributed by atoms with Crippen LogP contribution in [0.25, 0.3) is 0 Å². The summed E-state index contributed by atoms with van der Waals surface area (Å²) >= 11 is 0. The van der Waals surface area contributed by atoms with E-state index in [0.717, 1.165) is 28.5 Å². The van der Waals surface area contributed by atoms with Crippen LogP contribution in [0.2, 0.25) is 0 Å². The van der Waals surface area contributed by atoms with Gasteiger partial charge in [-0.25, -0.2) is 4.98 Å². The second-order valence-electron chi connectivity index (χ2n) is 4.73. The van der Waals surface area contributed by atoms with Crippen LogP contribution in [0.1, 0.15) is 22.6 Å². The summed E-state index contributed by atoms with van der Waals surface area (Å²) in [4.78, 5) is 6.35. The van der Waals surface area contributed by atoms with Gasteiger partial charge in [0.05, 0.1) is 12.2 Å². The minimum Gasteiger partial charge on any atom is -0.350 e. The van der Waals surface area contributed by atoms with E-state index in [1.807, 2.05) is 43.6 Å². The molecule has 2 aromatic heterocycles. The molecule has 0 spiro atoms. The molecule has 0 fully saturated rings. The lowest BCUT2D eigenvalue weighted by molar-refractivity contribution is 0.740. The van der Waals surface area contributed by atoms with Crippen LogP contribution < -0.4 is 10.6 Å². The quantitative estimate of drug-likeness (QED) is 0.885. The van der Waals surface area contributed by atoms with Crippen molar-refractivity contribution in [2.24, 2.45) is 12.8 Å². The van der Waals surface area contributed by atoms with Gasteiger partial charge in [0.2, 0.25) is 0 Å². The molecule has 0 aliphatic rings. The molecule has 102 valence electrons. The van der Waals surface area contributed by atoms with Crippen molar-refractivity contribution >= 4 is 5.82 Å². The second-order valence-corrected chi connectivity index (χ2v) is 4.73. The van der Waals surface area contributed by atoms with Crippen molar-refractivity contribution in [3.05, 3.63) is 35.0 Å². The lowest BCUT2D eigenvalue weighted by atomic mass is 10.1. The molecule has 2 heterocycles. The number of rotatable bonds is 4. The first-order valence-corrected chi connectivity index (χ1v) is 6.24. The molecule has 0 aliphatic heterocycles. The summed E-state index contributed by atoms with van der Waals surface area (Å²) in [5.41, 5.74) is 8.93. The van der Waals surface area contributed by atoms with Crippen molar-refractivity contribution in [1.29, 1.82) is 0 Å². The molecular formula is C13H20N6. The number of hydrogen-bond donors (Lipinski definition) is 1. The topological polar surface area (TPSA) is 72.9 Å². The van der Waals surface area contributed by atoms with Crippen LogP contribution in [0.15, 0.2) is 12.4 Å². The third-order valence-corrected chi connectivity index (χ3v) is 3.43. The number of aryl methyl sites for hydroxylation is 2. The predicted octanol–water partition coefficient (Wildman–Crippen LogP) is 0.922. The number of aromatic nitrogens is 4. The van der Waals surface area contributed by atoms with Crippen LogP contribution >= 0.6 is 0 Å². The zero-order chi connectivity index (χ0) is 14.0. The average Bonchev–Trinajstić information content (AvgIpc) is 2.78. The molecule has 6 nitrogen and oxygen atoms in total. The number of nitrogens with two attached hydrogens (primary N) is 1. The Kier molecular flexibility index (Phi) is 3.80. The van der Waals surface area contributed by atoms with E-state index < -0.39 is 0 Å². The van der Waals surface area contributed by atoms with Crippen LogP contribution in [0.3, 0.4) is 0 Å². The zero-order valence-corrected chi connectivity index (χ0v) is 11.9. The van der Waals surface area contributed by atoms with Gasteiger partial charge < -0.3 is 15.2 Å². The molecule has 2 N–H and O–H groups in total. The minimum atomic E-state index is 0.461. The molecular weight excluding hydrogens is 240 g/mol. The van der Waals surface area contributed by atoms with Crippen LogP contribution in [0.4, 0.5) is 5.82 Å². The highest BCUT2D eigenvalue weighted by molar-refractivity contribution is 5.50. The summed E-state index contributed by atoms with van der Waals surface area (Å²) in [6, 6.07) is 0. The molecule has 19 heavy (non-hydrogen) atoms. The Balaban J connectivity index is 2.31. The van der Waals surface area contributed by atoms with Gasteiger partial charge >= 0.3 is 0 Å². The first-order valence-electron chi connectivity index (χ1n) is 6.24. The van der Waals surface area contributed by atoms with E-state index in [1.54, 1.807) is 6.20 Å². The van der Waals surface area contributed by atoms with E-state index in [0.29, 0.717) is 13.1 Å². The molecule has 0 saturated heterocycles. The summed E-state index contributed by atoms with van der Waals surface area (Å²) < 4.78 is 1.99. The predicted molar refractivity (Wildman–Crippen MR) is 74.7 cm³/mol. The molecule has 0 radical (unpaired) electrons. The highest BCUT2D eigenvalue weighted by Gasteiger charge is 2.15. The van der Waals surface area contributed by atoms with Gasteiger partial charge in [-0.3, -0.25) is 0 Å². The summed E-state index contributed by atoms with van der Waals surface area (Å²) in [5, 5.41) is 8.46. The van der Waals surface area contributed by atoms with Crippen LogP contribution in [0, 0.1) is 13.8 Å². The van der Waals surface area contributed by atoms with Crippen molar-refractivity contribution < 1.29 is 0 Å². The SMILES string of the molecule is Cc1nnc(N(C)Cc2nccn2C)c(CN)c1C. The maximum Gasteiger partial charge on any atom is 0.156 e. The van der Waals surface area contributed by atoms with Gasteiger partial charge in [-0.05, 0) is 19.4 Å². The molecule has 0 aromatic carbocycles. The Hall–Kier alpha value is -1.95. The molecule has 6 heteroatoms. The number of imidazole rings is 1. The maximum atomic E-state index is 5.85. The minimum absolute atomic E-state index is 0.461. The Bertz CT molecular complexity index is 575. The monoisotopic (exact) mass is 260 g/mol. The van der Waals surface area contributed by atoms with Gasteiger partial charge in [0.15, 0.2) is 5.82 Å². The fourth-order valence-electron chi connectivity index (χ4n) is 2.03. The van der Waals surface area contributed by atoms with E-state index in [2.05, 4.69) is 15.2 Å².